The number of carboxylic acid groups (broad SMARTS) is 1. The molecular formula is C20H22N4O2. The Morgan fingerprint density at radius 3 is 2.38 bits per heavy atom. The summed E-state index contributed by atoms with van der Waals surface area (Å²) in [6.45, 7) is 0. The van der Waals surface area contributed by atoms with Gasteiger partial charge in [0.05, 0.1) is 6.04 Å². The zero-order valence-corrected chi connectivity index (χ0v) is 14.7. The lowest BCUT2D eigenvalue weighted by Gasteiger charge is -2.28. The van der Waals surface area contributed by atoms with E-state index >= 15 is 0 Å². The summed E-state index contributed by atoms with van der Waals surface area (Å²) >= 11 is 0. The van der Waals surface area contributed by atoms with Gasteiger partial charge in [-0.25, -0.2) is 4.79 Å². The summed E-state index contributed by atoms with van der Waals surface area (Å²) in [7, 11) is 0. The van der Waals surface area contributed by atoms with Crippen LogP contribution >= 0.6 is 0 Å². The maximum Gasteiger partial charge on any atom is 0.333 e. The van der Waals surface area contributed by atoms with Gasteiger partial charge in [0.2, 0.25) is 0 Å². The third-order valence-electron chi connectivity index (χ3n) is 5.97. The number of nitrogens with one attached hydrogen (secondary N) is 1. The fourth-order valence-electron chi connectivity index (χ4n) is 4.60. The topological polar surface area (TPSA) is 86.4 Å². The number of fused-ring (bicyclic) bond motifs is 6. The highest BCUT2D eigenvalue weighted by atomic mass is 16.4. The van der Waals surface area contributed by atoms with E-state index in [9.17, 15) is 9.90 Å². The molecule has 2 atom stereocenters. The Morgan fingerprint density at radius 1 is 0.962 bits per heavy atom. The lowest BCUT2D eigenvalue weighted by molar-refractivity contribution is -0.144. The van der Waals surface area contributed by atoms with E-state index in [0.29, 0.717) is 12.8 Å². The predicted molar refractivity (Wildman–Crippen MR) is 101 cm³/mol. The van der Waals surface area contributed by atoms with Gasteiger partial charge in [-0.1, -0.05) is 0 Å². The maximum atomic E-state index is 12.2. The molecule has 0 aromatic rings. The molecule has 26 heavy (non-hydrogen) atoms. The van der Waals surface area contributed by atoms with Crippen molar-refractivity contribution in [2.45, 2.75) is 62.9 Å². The molecule has 5 aliphatic heterocycles. The van der Waals surface area contributed by atoms with Gasteiger partial charge >= 0.3 is 5.97 Å². The van der Waals surface area contributed by atoms with Crippen LogP contribution in [0.15, 0.2) is 50.3 Å². The molecule has 0 amide bonds. The van der Waals surface area contributed by atoms with Gasteiger partial charge in [0.25, 0.3) is 0 Å². The highest BCUT2D eigenvalue weighted by Gasteiger charge is 2.50. The summed E-state index contributed by atoms with van der Waals surface area (Å²) in [6.07, 6.45) is 12.8. The molecule has 6 heteroatoms. The predicted octanol–water partition coefficient (Wildman–Crippen LogP) is 2.93. The molecule has 0 saturated carbocycles. The van der Waals surface area contributed by atoms with E-state index in [-0.39, 0.29) is 6.04 Å². The van der Waals surface area contributed by atoms with Crippen LogP contribution in [0.5, 0.6) is 0 Å². The minimum Gasteiger partial charge on any atom is -0.479 e. The van der Waals surface area contributed by atoms with Crippen molar-refractivity contribution < 1.29 is 9.90 Å². The first-order valence-corrected chi connectivity index (χ1v) is 9.46. The molecule has 5 heterocycles. The van der Waals surface area contributed by atoms with Gasteiger partial charge in [0.1, 0.15) is 0 Å². The molecule has 134 valence electrons. The SMILES string of the molecule is O=C(O)C12CCC(=N1)C=C1CCC(=N1)C=C1CCC(=N1)C=C1CCC2N1. The quantitative estimate of drug-likeness (QED) is 0.762. The largest absolute Gasteiger partial charge is 0.479 e. The first-order valence-electron chi connectivity index (χ1n) is 9.46. The van der Waals surface area contributed by atoms with Crippen LogP contribution in [0.2, 0.25) is 0 Å². The molecule has 1 saturated heterocycles. The summed E-state index contributed by atoms with van der Waals surface area (Å²) in [4.78, 5) is 26.3. The average molecular weight is 350 g/mol. The van der Waals surface area contributed by atoms with Crippen LogP contribution in [0.3, 0.4) is 0 Å². The smallest absolute Gasteiger partial charge is 0.333 e. The van der Waals surface area contributed by atoms with Crippen molar-refractivity contribution in [1.29, 1.82) is 0 Å². The van der Waals surface area contributed by atoms with Crippen LogP contribution in [0.1, 0.15) is 51.4 Å². The number of nitrogens with zero attached hydrogens (tertiary/aromatic N) is 3. The van der Waals surface area contributed by atoms with Crippen LogP contribution in [0.25, 0.3) is 0 Å². The fourth-order valence-corrected chi connectivity index (χ4v) is 4.60. The Labute approximate surface area is 152 Å². The van der Waals surface area contributed by atoms with Crippen LogP contribution < -0.4 is 5.32 Å². The molecule has 0 spiro atoms. The van der Waals surface area contributed by atoms with Gasteiger partial charge in [-0.05, 0) is 69.6 Å². The van der Waals surface area contributed by atoms with Crippen molar-refractivity contribution in [3.05, 3.63) is 35.3 Å². The van der Waals surface area contributed by atoms with E-state index in [0.717, 1.165) is 72.8 Å². The number of rotatable bonds is 1. The van der Waals surface area contributed by atoms with Crippen LogP contribution in [0, 0.1) is 0 Å². The molecule has 2 unspecified atom stereocenters. The lowest BCUT2D eigenvalue weighted by Crippen LogP contribution is -2.50. The number of carboxylic acids is 1. The Balaban J connectivity index is 1.61. The van der Waals surface area contributed by atoms with Crippen molar-refractivity contribution in [1.82, 2.24) is 5.32 Å². The lowest BCUT2D eigenvalue weighted by atomic mass is 9.87. The third kappa shape index (κ3) is 2.55. The number of allylic oxidation sites excluding steroid dienone is 6. The van der Waals surface area contributed by atoms with E-state index < -0.39 is 11.5 Å². The summed E-state index contributed by atoms with van der Waals surface area (Å²) in [6, 6.07) is -0.160. The minimum atomic E-state index is -1.06. The molecule has 1 fully saturated rings. The number of hydrogen-bond donors (Lipinski definition) is 2. The van der Waals surface area contributed by atoms with Gasteiger partial charge in [0.15, 0.2) is 5.54 Å². The first kappa shape index (κ1) is 15.7. The minimum absolute atomic E-state index is 0.160. The number of aliphatic carboxylic acids is 1. The Morgan fingerprint density at radius 2 is 1.65 bits per heavy atom. The highest BCUT2D eigenvalue weighted by molar-refractivity contribution is 6.04. The first-order chi connectivity index (χ1) is 12.6. The van der Waals surface area contributed by atoms with Gasteiger partial charge in [-0.15, -0.1) is 0 Å². The molecule has 8 bridgehead atoms. The molecule has 0 aliphatic carbocycles. The highest BCUT2D eigenvalue weighted by Crippen LogP contribution is 2.37. The zero-order chi connectivity index (χ0) is 17.7. The monoisotopic (exact) mass is 350 g/mol. The third-order valence-corrected chi connectivity index (χ3v) is 5.97. The van der Waals surface area contributed by atoms with Crippen molar-refractivity contribution in [2.75, 3.05) is 0 Å². The molecule has 0 aromatic heterocycles. The van der Waals surface area contributed by atoms with Crippen LogP contribution in [0.4, 0.5) is 0 Å². The fraction of sp³-hybridized carbons (Fsp3) is 0.500. The Hall–Kier alpha value is -2.50. The van der Waals surface area contributed by atoms with Crippen molar-refractivity contribution in [3.8, 4) is 0 Å². The van der Waals surface area contributed by atoms with Crippen molar-refractivity contribution in [2.24, 2.45) is 15.0 Å². The zero-order valence-electron chi connectivity index (χ0n) is 14.7. The Kier molecular flexibility index (Phi) is 3.48. The van der Waals surface area contributed by atoms with E-state index in [2.05, 4.69) is 17.5 Å². The van der Waals surface area contributed by atoms with E-state index in [1.165, 1.54) is 0 Å². The normalized spacial score (nSPS) is 32.4. The summed E-state index contributed by atoms with van der Waals surface area (Å²) in [5, 5.41) is 13.4. The second-order valence-corrected chi connectivity index (χ2v) is 7.72. The Bertz CT molecular complexity index is 874. The molecule has 5 aliphatic rings. The van der Waals surface area contributed by atoms with Gasteiger partial charge in [0, 0.05) is 34.2 Å². The molecule has 2 N–H and O–H groups in total. The summed E-state index contributed by atoms with van der Waals surface area (Å²) in [5.41, 5.74) is 5.15. The van der Waals surface area contributed by atoms with Crippen LogP contribution in [-0.2, 0) is 4.79 Å². The summed E-state index contributed by atoms with van der Waals surface area (Å²) in [5.74, 6) is -0.827. The number of aliphatic imine (C=N–C) groups is 3. The average Bonchev–Trinajstić information content (AvgIpc) is 3.36. The second kappa shape index (κ2) is 5.76. The summed E-state index contributed by atoms with van der Waals surface area (Å²) < 4.78 is 0. The van der Waals surface area contributed by atoms with E-state index in [4.69, 9.17) is 15.0 Å². The number of carbonyl (C=O) groups is 1. The standard InChI is InChI=1S/C20H22N4O2/c25-19(26)20-8-7-17(24-20)11-15-4-3-13(22-15)9-12-1-2-14(21-12)10-16-5-6-18(20)23-16/h9-11,18,23H,1-8H2,(H,25,26). The molecule has 5 rings (SSSR count). The molecule has 6 nitrogen and oxygen atoms in total. The molecule has 0 aromatic carbocycles. The number of hydrogen-bond acceptors (Lipinski definition) is 5. The van der Waals surface area contributed by atoms with Crippen molar-refractivity contribution >= 4 is 23.1 Å². The van der Waals surface area contributed by atoms with E-state index in [1.807, 2.05) is 6.08 Å². The van der Waals surface area contributed by atoms with Gasteiger partial charge < -0.3 is 10.4 Å². The van der Waals surface area contributed by atoms with Gasteiger partial charge in [-0.2, -0.15) is 0 Å². The molecule has 0 radical (unpaired) electrons. The van der Waals surface area contributed by atoms with E-state index in [1.54, 1.807) is 0 Å². The van der Waals surface area contributed by atoms with Gasteiger partial charge in [-0.3, -0.25) is 15.0 Å². The maximum absolute atomic E-state index is 12.2. The van der Waals surface area contributed by atoms with Crippen molar-refractivity contribution in [3.63, 3.8) is 0 Å². The molecular weight excluding hydrogens is 328 g/mol. The van der Waals surface area contributed by atoms with Crippen LogP contribution in [-0.4, -0.2) is 39.8 Å². The second-order valence-electron chi connectivity index (χ2n) is 7.72.